The van der Waals surface area contributed by atoms with Crippen molar-refractivity contribution in [3.05, 3.63) is 64.2 Å². The molecular weight excluding hydrogens is 260 g/mol. The molecule has 0 unspecified atom stereocenters. The van der Waals surface area contributed by atoms with Crippen molar-refractivity contribution in [3.63, 3.8) is 0 Å². The number of amides is 1. The third kappa shape index (κ3) is 2.90. The summed E-state index contributed by atoms with van der Waals surface area (Å²) in [5.74, 6) is 4.92. The van der Waals surface area contributed by atoms with Crippen LogP contribution in [0.25, 0.3) is 0 Å². The van der Waals surface area contributed by atoms with E-state index in [9.17, 15) is 14.9 Å². The molecule has 7 nitrogen and oxygen atoms in total. The van der Waals surface area contributed by atoms with Crippen LogP contribution in [-0.2, 0) is 0 Å². The number of non-ortho nitro benzene ring substituents is 1. The largest absolute Gasteiger partial charge is 0.323 e. The van der Waals surface area contributed by atoms with Crippen molar-refractivity contribution in [2.45, 2.75) is 0 Å². The first kappa shape index (κ1) is 13.5. The number of nitrogens with one attached hydrogen (secondary N) is 2. The number of nitro groups is 1. The van der Waals surface area contributed by atoms with Gasteiger partial charge >= 0.3 is 0 Å². The summed E-state index contributed by atoms with van der Waals surface area (Å²) >= 11 is 0. The van der Waals surface area contributed by atoms with Gasteiger partial charge in [-0.05, 0) is 18.2 Å². The van der Waals surface area contributed by atoms with Crippen LogP contribution in [0.3, 0.4) is 0 Å². The minimum Gasteiger partial charge on any atom is -0.323 e. The van der Waals surface area contributed by atoms with Crippen LogP contribution < -0.4 is 16.6 Å². The number of para-hydroxylation sites is 1. The van der Waals surface area contributed by atoms with Gasteiger partial charge in [0.2, 0.25) is 0 Å². The van der Waals surface area contributed by atoms with Crippen molar-refractivity contribution in [2.75, 3.05) is 10.7 Å². The summed E-state index contributed by atoms with van der Waals surface area (Å²) in [5.41, 5.74) is 3.49. The molecule has 4 N–H and O–H groups in total. The SMILES string of the molecule is NNc1ccccc1C(=O)Nc1cccc([N+](=O)[O-])c1. The van der Waals surface area contributed by atoms with Crippen molar-refractivity contribution in [1.29, 1.82) is 0 Å². The predicted octanol–water partition coefficient (Wildman–Crippen LogP) is 2.13. The number of anilines is 2. The van der Waals surface area contributed by atoms with Gasteiger partial charge in [0.05, 0.1) is 16.2 Å². The second kappa shape index (κ2) is 5.81. The van der Waals surface area contributed by atoms with Crippen LogP contribution in [0.1, 0.15) is 10.4 Å². The van der Waals surface area contributed by atoms with Gasteiger partial charge in [0.25, 0.3) is 11.6 Å². The number of nitrogen functional groups attached to an aromatic ring is 1. The first-order chi connectivity index (χ1) is 9.61. The van der Waals surface area contributed by atoms with E-state index >= 15 is 0 Å². The van der Waals surface area contributed by atoms with Gasteiger partial charge in [-0.3, -0.25) is 20.8 Å². The van der Waals surface area contributed by atoms with Crippen LogP contribution in [0, 0.1) is 10.1 Å². The molecule has 0 spiro atoms. The minimum atomic E-state index is -0.523. The third-order valence-corrected chi connectivity index (χ3v) is 2.64. The molecule has 2 rings (SSSR count). The van der Waals surface area contributed by atoms with E-state index in [4.69, 9.17) is 5.84 Å². The molecular formula is C13H12N4O3. The van der Waals surface area contributed by atoms with E-state index in [1.54, 1.807) is 30.3 Å². The number of hydrogen-bond acceptors (Lipinski definition) is 5. The molecule has 0 saturated heterocycles. The Morgan fingerprint density at radius 2 is 1.90 bits per heavy atom. The molecule has 0 aliphatic carbocycles. The molecule has 0 heterocycles. The maximum atomic E-state index is 12.1. The molecule has 2 aromatic carbocycles. The van der Waals surface area contributed by atoms with Crippen LogP contribution >= 0.6 is 0 Å². The molecule has 20 heavy (non-hydrogen) atoms. The van der Waals surface area contributed by atoms with E-state index in [-0.39, 0.29) is 5.69 Å². The van der Waals surface area contributed by atoms with E-state index in [0.29, 0.717) is 16.9 Å². The summed E-state index contributed by atoms with van der Waals surface area (Å²) in [6.07, 6.45) is 0. The lowest BCUT2D eigenvalue weighted by molar-refractivity contribution is -0.384. The van der Waals surface area contributed by atoms with Crippen molar-refractivity contribution in [2.24, 2.45) is 5.84 Å². The molecule has 0 aromatic heterocycles. The Morgan fingerprint density at radius 3 is 2.60 bits per heavy atom. The van der Waals surface area contributed by atoms with Gasteiger partial charge < -0.3 is 10.7 Å². The van der Waals surface area contributed by atoms with Crippen LogP contribution in [-0.4, -0.2) is 10.8 Å². The number of nitro benzene ring substituents is 1. The summed E-state index contributed by atoms with van der Waals surface area (Å²) in [4.78, 5) is 22.3. The zero-order valence-corrected chi connectivity index (χ0v) is 10.4. The maximum absolute atomic E-state index is 12.1. The first-order valence-corrected chi connectivity index (χ1v) is 5.73. The van der Waals surface area contributed by atoms with Crippen molar-refractivity contribution in [3.8, 4) is 0 Å². The number of hydrazine groups is 1. The molecule has 102 valence electrons. The Bertz CT molecular complexity index is 658. The second-order valence-electron chi connectivity index (χ2n) is 3.95. The maximum Gasteiger partial charge on any atom is 0.271 e. The first-order valence-electron chi connectivity index (χ1n) is 5.73. The minimum absolute atomic E-state index is 0.0898. The molecule has 7 heteroatoms. The highest BCUT2D eigenvalue weighted by Gasteiger charge is 2.12. The zero-order chi connectivity index (χ0) is 14.5. The van der Waals surface area contributed by atoms with Crippen LogP contribution in [0.5, 0.6) is 0 Å². The highest BCUT2D eigenvalue weighted by molar-refractivity contribution is 6.08. The van der Waals surface area contributed by atoms with E-state index < -0.39 is 10.8 Å². The fourth-order valence-electron chi connectivity index (χ4n) is 1.70. The molecule has 0 radical (unpaired) electrons. The lowest BCUT2D eigenvalue weighted by atomic mass is 10.1. The average molecular weight is 272 g/mol. The van der Waals surface area contributed by atoms with Gasteiger partial charge in [0, 0.05) is 17.8 Å². The molecule has 0 aliphatic heterocycles. The van der Waals surface area contributed by atoms with E-state index in [0.717, 1.165) is 0 Å². The number of nitrogens with two attached hydrogens (primary N) is 1. The van der Waals surface area contributed by atoms with Gasteiger partial charge in [0.1, 0.15) is 0 Å². The van der Waals surface area contributed by atoms with Crippen molar-refractivity contribution in [1.82, 2.24) is 0 Å². The Kier molecular flexibility index (Phi) is 3.92. The van der Waals surface area contributed by atoms with E-state index in [1.807, 2.05) is 0 Å². The number of hydrogen-bond donors (Lipinski definition) is 3. The highest BCUT2D eigenvalue weighted by Crippen LogP contribution is 2.19. The standard InChI is InChI=1S/C13H12N4O3/c14-16-12-7-2-1-6-11(12)13(18)15-9-4-3-5-10(8-9)17(19)20/h1-8,16H,14H2,(H,15,18). The highest BCUT2D eigenvalue weighted by atomic mass is 16.6. The van der Waals surface area contributed by atoms with Gasteiger partial charge in [-0.2, -0.15) is 0 Å². The summed E-state index contributed by atoms with van der Waals surface area (Å²) < 4.78 is 0. The fourth-order valence-corrected chi connectivity index (χ4v) is 1.70. The number of nitrogens with zero attached hydrogens (tertiary/aromatic N) is 1. The van der Waals surface area contributed by atoms with Gasteiger partial charge in [-0.15, -0.1) is 0 Å². The quantitative estimate of drug-likeness (QED) is 0.448. The van der Waals surface area contributed by atoms with Crippen molar-refractivity contribution >= 4 is 23.0 Å². The Hall–Kier alpha value is -2.93. The third-order valence-electron chi connectivity index (χ3n) is 2.64. The number of rotatable bonds is 4. The Balaban J connectivity index is 2.23. The molecule has 1 amide bonds. The van der Waals surface area contributed by atoms with E-state index in [2.05, 4.69) is 10.7 Å². The summed E-state index contributed by atoms with van der Waals surface area (Å²) in [5, 5.41) is 13.3. The van der Waals surface area contributed by atoms with Crippen molar-refractivity contribution < 1.29 is 9.72 Å². The number of carbonyl (C=O) groups excluding carboxylic acids is 1. The van der Waals surface area contributed by atoms with E-state index in [1.165, 1.54) is 18.2 Å². The van der Waals surface area contributed by atoms with Gasteiger partial charge in [-0.25, -0.2) is 0 Å². The normalized spacial score (nSPS) is 9.85. The van der Waals surface area contributed by atoms with Gasteiger partial charge in [-0.1, -0.05) is 18.2 Å². The molecule has 0 fully saturated rings. The zero-order valence-electron chi connectivity index (χ0n) is 10.4. The smallest absolute Gasteiger partial charge is 0.271 e. The summed E-state index contributed by atoms with van der Waals surface area (Å²) in [6, 6.07) is 12.4. The average Bonchev–Trinajstić information content (AvgIpc) is 2.47. The van der Waals surface area contributed by atoms with Crippen LogP contribution in [0.2, 0.25) is 0 Å². The molecule has 0 bridgehead atoms. The lowest BCUT2D eigenvalue weighted by Crippen LogP contribution is -2.17. The second-order valence-corrected chi connectivity index (χ2v) is 3.95. The Labute approximate surface area is 114 Å². The molecule has 0 saturated carbocycles. The summed E-state index contributed by atoms with van der Waals surface area (Å²) in [6.45, 7) is 0. The van der Waals surface area contributed by atoms with Crippen LogP contribution in [0.15, 0.2) is 48.5 Å². The molecule has 2 aromatic rings. The number of benzene rings is 2. The summed E-state index contributed by atoms with van der Waals surface area (Å²) in [7, 11) is 0. The fraction of sp³-hybridized carbons (Fsp3) is 0. The van der Waals surface area contributed by atoms with Crippen LogP contribution in [0.4, 0.5) is 17.1 Å². The number of carbonyl (C=O) groups is 1. The molecule has 0 aliphatic rings. The predicted molar refractivity (Wildman–Crippen MR) is 75.3 cm³/mol. The topological polar surface area (TPSA) is 110 Å². The monoisotopic (exact) mass is 272 g/mol. The molecule has 0 atom stereocenters. The lowest BCUT2D eigenvalue weighted by Gasteiger charge is -2.09. The Morgan fingerprint density at radius 1 is 1.15 bits per heavy atom. The van der Waals surface area contributed by atoms with Gasteiger partial charge in [0.15, 0.2) is 0 Å².